The van der Waals surface area contributed by atoms with Crippen molar-refractivity contribution in [2.24, 2.45) is 11.8 Å². The Morgan fingerprint density at radius 2 is 1.89 bits per heavy atom. The molecule has 1 amide bonds. The zero-order valence-corrected chi connectivity index (χ0v) is 16.3. The lowest BCUT2D eigenvalue weighted by Crippen LogP contribution is -2.42. The van der Waals surface area contributed by atoms with Gasteiger partial charge in [-0.05, 0) is 43.2 Å². The molecule has 0 radical (unpaired) electrons. The fourth-order valence-corrected chi connectivity index (χ4v) is 4.44. The van der Waals surface area contributed by atoms with Gasteiger partial charge in [-0.3, -0.25) is 14.9 Å². The zero-order chi connectivity index (χ0) is 19.4. The summed E-state index contributed by atoms with van der Waals surface area (Å²) in [6.07, 6.45) is 3.36. The zero-order valence-electron chi connectivity index (χ0n) is 16.3. The van der Waals surface area contributed by atoms with E-state index in [4.69, 9.17) is 0 Å². The molecule has 2 atom stereocenters. The Balaban J connectivity index is 1.59. The summed E-state index contributed by atoms with van der Waals surface area (Å²) in [6, 6.07) is 4.82. The van der Waals surface area contributed by atoms with Crippen molar-refractivity contribution >= 4 is 17.3 Å². The SMILES string of the molecule is C[C@@H]1C[C@@H](C)CN(CCNC(=O)c2ccc(N3CCCC3)c([N+](=O)[O-])c2)C1. The Labute approximate surface area is 160 Å². The fraction of sp³-hybridized carbons (Fsp3) is 0.650. The summed E-state index contributed by atoms with van der Waals surface area (Å²) < 4.78 is 0. The Kier molecular flexibility index (Phi) is 6.31. The Morgan fingerprint density at radius 3 is 2.52 bits per heavy atom. The molecule has 0 saturated carbocycles. The van der Waals surface area contributed by atoms with Gasteiger partial charge in [-0.25, -0.2) is 0 Å². The first-order valence-electron chi connectivity index (χ1n) is 9.98. The van der Waals surface area contributed by atoms with E-state index in [1.807, 2.05) is 4.90 Å². The number of likely N-dealkylation sites (tertiary alicyclic amines) is 1. The average Bonchev–Trinajstić information content (AvgIpc) is 3.14. The van der Waals surface area contributed by atoms with Crippen LogP contribution in [-0.2, 0) is 0 Å². The predicted octanol–water partition coefficient (Wildman–Crippen LogP) is 2.90. The van der Waals surface area contributed by atoms with Crippen LogP contribution in [0.4, 0.5) is 11.4 Å². The van der Waals surface area contributed by atoms with E-state index in [0.717, 1.165) is 45.6 Å². The Bertz CT molecular complexity index is 678. The molecule has 2 aliphatic rings. The number of nitrogens with zero attached hydrogens (tertiary/aromatic N) is 3. The summed E-state index contributed by atoms with van der Waals surface area (Å²) in [5, 5.41) is 14.4. The van der Waals surface area contributed by atoms with Gasteiger partial charge in [0.2, 0.25) is 0 Å². The summed E-state index contributed by atoms with van der Waals surface area (Å²) in [4.78, 5) is 28.0. The van der Waals surface area contributed by atoms with Crippen LogP contribution in [0.2, 0.25) is 0 Å². The first kappa shape index (κ1) is 19.6. The van der Waals surface area contributed by atoms with Gasteiger partial charge in [-0.1, -0.05) is 13.8 Å². The van der Waals surface area contributed by atoms with Crippen molar-refractivity contribution in [3.05, 3.63) is 33.9 Å². The average molecular weight is 374 g/mol. The number of nitro benzene ring substituents is 1. The van der Waals surface area contributed by atoms with Gasteiger partial charge in [-0.15, -0.1) is 0 Å². The van der Waals surface area contributed by atoms with E-state index in [0.29, 0.717) is 29.6 Å². The minimum atomic E-state index is -0.388. The number of hydrogen-bond donors (Lipinski definition) is 1. The van der Waals surface area contributed by atoms with Gasteiger partial charge in [0.1, 0.15) is 5.69 Å². The second-order valence-electron chi connectivity index (χ2n) is 8.12. The lowest BCUT2D eigenvalue weighted by molar-refractivity contribution is -0.384. The third-order valence-corrected chi connectivity index (χ3v) is 5.54. The number of benzene rings is 1. The molecule has 1 aromatic rings. The summed E-state index contributed by atoms with van der Waals surface area (Å²) in [6.45, 7) is 9.70. The van der Waals surface area contributed by atoms with E-state index in [9.17, 15) is 14.9 Å². The van der Waals surface area contributed by atoms with Crippen LogP contribution >= 0.6 is 0 Å². The van der Waals surface area contributed by atoms with Crippen LogP contribution < -0.4 is 10.2 Å². The van der Waals surface area contributed by atoms with Gasteiger partial charge < -0.3 is 15.1 Å². The third-order valence-electron chi connectivity index (χ3n) is 5.54. The van der Waals surface area contributed by atoms with Gasteiger partial charge in [0.15, 0.2) is 0 Å². The van der Waals surface area contributed by atoms with E-state index < -0.39 is 0 Å². The first-order valence-corrected chi connectivity index (χ1v) is 9.98. The lowest BCUT2D eigenvalue weighted by atomic mass is 9.92. The molecule has 2 aliphatic heterocycles. The smallest absolute Gasteiger partial charge is 0.293 e. The molecule has 0 aromatic heterocycles. The summed E-state index contributed by atoms with van der Waals surface area (Å²) in [5.74, 6) is 1.12. The Morgan fingerprint density at radius 1 is 1.22 bits per heavy atom. The van der Waals surface area contributed by atoms with E-state index in [2.05, 4.69) is 24.1 Å². The number of carbonyl (C=O) groups is 1. The van der Waals surface area contributed by atoms with Crippen LogP contribution in [0, 0.1) is 22.0 Å². The largest absolute Gasteiger partial charge is 0.366 e. The first-order chi connectivity index (χ1) is 12.9. The molecule has 1 aromatic carbocycles. The maximum absolute atomic E-state index is 12.5. The van der Waals surface area contributed by atoms with E-state index in [1.165, 1.54) is 12.5 Å². The Hall–Kier alpha value is -2.15. The molecule has 0 spiro atoms. The van der Waals surface area contributed by atoms with Crippen LogP contribution in [0.3, 0.4) is 0 Å². The van der Waals surface area contributed by atoms with Gasteiger partial charge in [-0.2, -0.15) is 0 Å². The molecule has 0 aliphatic carbocycles. The molecule has 2 fully saturated rings. The lowest BCUT2D eigenvalue weighted by Gasteiger charge is -2.34. The number of amides is 1. The highest BCUT2D eigenvalue weighted by atomic mass is 16.6. The summed E-state index contributed by atoms with van der Waals surface area (Å²) >= 11 is 0. The molecule has 2 saturated heterocycles. The fourth-order valence-electron chi connectivity index (χ4n) is 4.44. The molecule has 27 heavy (non-hydrogen) atoms. The maximum atomic E-state index is 12.5. The predicted molar refractivity (Wildman–Crippen MR) is 106 cm³/mol. The number of anilines is 1. The molecule has 2 heterocycles. The summed E-state index contributed by atoms with van der Waals surface area (Å²) in [5.41, 5.74) is 0.985. The number of nitrogens with one attached hydrogen (secondary N) is 1. The minimum absolute atomic E-state index is 0.0169. The van der Waals surface area contributed by atoms with Crippen molar-refractivity contribution in [1.29, 1.82) is 0 Å². The topological polar surface area (TPSA) is 78.7 Å². The van der Waals surface area contributed by atoms with E-state index >= 15 is 0 Å². The number of piperidine rings is 1. The molecule has 7 heteroatoms. The van der Waals surface area contributed by atoms with Crippen molar-refractivity contribution in [1.82, 2.24) is 10.2 Å². The quantitative estimate of drug-likeness (QED) is 0.612. The monoisotopic (exact) mass is 374 g/mol. The van der Waals surface area contributed by atoms with Gasteiger partial charge in [0.25, 0.3) is 11.6 Å². The number of carbonyl (C=O) groups excluding carboxylic acids is 1. The van der Waals surface area contributed by atoms with Crippen molar-refractivity contribution in [2.45, 2.75) is 33.1 Å². The van der Waals surface area contributed by atoms with Gasteiger partial charge >= 0.3 is 0 Å². The molecule has 7 nitrogen and oxygen atoms in total. The van der Waals surface area contributed by atoms with E-state index in [-0.39, 0.29) is 16.5 Å². The van der Waals surface area contributed by atoms with Crippen molar-refractivity contribution in [2.75, 3.05) is 44.2 Å². The normalized spacial score (nSPS) is 23.4. The summed E-state index contributed by atoms with van der Waals surface area (Å²) in [7, 11) is 0. The van der Waals surface area contributed by atoms with Crippen LogP contribution in [0.1, 0.15) is 43.5 Å². The molecule has 1 N–H and O–H groups in total. The van der Waals surface area contributed by atoms with Gasteiger partial charge in [0, 0.05) is 50.9 Å². The van der Waals surface area contributed by atoms with Crippen molar-refractivity contribution in [3.8, 4) is 0 Å². The standard InChI is InChI=1S/C20H30N4O3/c1-15-11-16(2)14-22(13-15)10-7-21-20(25)17-5-6-18(19(12-17)24(26)27)23-8-3-4-9-23/h5-6,12,15-16H,3-4,7-11,13-14H2,1-2H3,(H,21,25)/t15-,16-/m1/s1. The molecule has 148 valence electrons. The van der Waals surface area contributed by atoms with Crippen LogP contribution in [0.5, 0.6) is 0 Å². The molecular weight excluding hydrogens is 344 g/mol. The molecule has 0 bridgehead atoms. The number of nitro groups is 1. The van der Waals surface area contributed by atoms with Crippen LogP contribution in [-0.4, -0.2) is 55.0 Å². The number of hydrogen-bond acceptors (Lipinski definition) is 5. The van der Waals surface area contributed by atoms with E-state index in [1.54, 1.807) is 12.1 Å². The maximum Gasteiger partial charge on any atom is 0.293 e. The molecule has 0 unspecified atom stereocenters. The molecule has 3 rings (SSSR count). The van der Waals surface area contributed by atoms with Gasteiger partial charge in [0.05, 0.1) is 4.92 Å². The number of rotatable bonds is 6. The second-order valence-corrected chi connectivity index (χ2v) is 8.12. The van der Waals surface area contributed by atoms with Crippen molar-refractivity contribution in [3.63, 3.8) is 0 Å². The van der Waals surface area contributed by atoms with Crippen LogP contribution in [0.25, 0.3) is 0 Å². The third kappa shape index (κ3) is 4.97. The highest BCUT2D eigenvalue weighted by Crippen LogP contribution is 2.31. The van der Waals surface area contributed by atoms with Crippen LogP contribution in [0.15, 0.2) is 18.2 Å². The highest BCUT2D eigenvalue weighted by molar-refractivity contribution is 5.95. The minimum Gasteiger partial charge on any atom is -0.366 e. The highest BCUT2D eigenvalue weighted by Gasteiger charge is 2.24. The van der Waals surface area contributed by atoms with Crippen molar-refractivity contribution < 1.29 is 9.72 Å². The second kappa shape index (κ2) is 8.69. The molecular formula is C20H30N4O3.